The van der Waals surface area contributed by atoms with Crippen molar-refractivity contribution in [2.75, 3.05) is 0 Å². The van der Waals surface area contributed by atoms with Crippen molar-refractivity contribution in [3.8, 4) is 0 Å². The van der Waals surface area contributed by atoms with Gasteiger partial charge in [-0.2, -0.15) is 0 Å². The van der Waals surface area contributed by atoms with Crippen molar-refractivity contribution >= 4 is 0 Å². The van der Waals surface area contributed by atoms with Gasteiger partial charge in [0.2, 0.25) is 0 Å². The van der Waals surface area contributed by atoms with Gasteiger partial charge in [-0.15, -0.1) is 0 Å². The number of hydrogen-bond acceptors (Lipinski definition) is 1. The number of hydrogen-bond donors (Lipinski definition) is 1. The van der Waals surface area contributed by atoms with Crippen molar-refractivity contribution in [2.24, 2.45) is 11.7 Å². The zero-order valence-corrected chi connectivity index (χ0v) is 9.80. The van der Waals surface area contributed by atoms with E-state index in [1.54, 1.807) is 0 Å². The molecule has 1 nitrogen and oxygen atoms in total. The van der Waals surface area contributed by atoms with Crippen LogP contribution in [0.15, 0.2) is 0 Å². The Labute approximate surface area is 89.5 Å². The Bertz CT molecular complexity index is 133. The van der Waals surface area contributed by atoms with Gasteiger partial charge in [-0.3, -0.25) is 0 Å². The van der Waals surface area contributed by atoms with Gasteiger partial charge in [-0.05, 0) is 25.2 Å². The highest BCUT2D eigenvalue weighted by atomic mass is 14.7. The van der Waals surface area contributed by atoms with E-state index in [4.69, 9.17) is 5.73 Å². The molecule has 1 aliphatic carbocycles. The maximum atomic E-state index is 6.04. The van der Waals surface area contributed by atoms with Gasteiger partial charge in [-0.1, -0.05) is 51.9 Å². The van der Waals surface area contributed by atoms with Crippen molar-refractivity contribution in [3.05, 3.63) is 0 Å². The van der Waals surface area contributed by atoms with Crippen molar-refractivity contribution in [3.63, 3.8) is 0 Å². The van der Waals surface area contributed by atoms with Gasteiger partial charge < -0.3 is 5.73 Å². The lowest BCUT2D eigenvalue weighted by Crippen LogP contribution is -2.24. The highest BCUT2D eigenvalue weighted by Gasteiger charge is 2.22. The average Bonchev–Trinajstić information content (AvgIpc) is 2.58. The van der Waals surface area contributed by atoms with Crippen LogP contribution in [0, 0.1) is 5.92 Å². The van der Waals surface area contributed by atoms with E-state index in [0.29, 0.717) is 6.04 Å². The van der Waals surface area contributed by atoms with E-state index < -0.39 is 0 Å². The van der Waals surface area contributed by atoms with Crippen LogP contribution in [0.4, 0.5) is 0 Å². The first-order valence-electron chi connectivity index (χ1n) is 6.60. The standard InChI is InChI=1S/C13H27N/c1-2-3-4-5-6-7-9-12-10-8-11-13(12)14/h12-13H,2-11,14H2,1H3. The lowest BCUT2D eigenvalue weighted by Gasteiger charge is -2.14. The lowest BCUT2D eigenvalue weighted by molar-refractivity contribution is 0.420. The van der Waals surface area contributed by atoms with E-state index in [1.165, 1.54) is 64.2 Å². The van der Waals surface area contributed by atoms with Crippen molar-refractivity contribution in [2.45, 2.75) is 77.2 Å². The summed E-state index contributed by atoms with van der Waals surface area (Å²) in [6.07, 6.45) is 14.0. The van der Waals surface area contributed by atoms with Gasteiger partial charge in [0.15, 0.2) is 0 Å². The van der Waals surface area contributed by atoms with Gasteiger partial charge in [-0.25, -0.2) is 0 Å². The third kappa shape index (κ3) is 4.45. The minimum atomic E-state index is 0.533. The highest BCUT2D eigenvalue weighted by Crippen LogP contribution is 2.28. The van der Waals surface area contributed by atoms with Gasteiger partial charge >= 0.3 is 0 Å². The van der Waals surface area contributed by atoms with Crippen LogP contribution in [0.5, 0.6) is 0 Å². The van der Waals surface area contributed by atoms with Crippen LogP contribution in [0.25, 0.3) is 0 Å². The van der Waals surface area contributed by atoms with E-state index in [2.05, 4.69) is 6.92 Å². The lowest BCUT2D eigenvalue weighted by atomic mass is 9.96. The molecule has 0 bridgehead atoms. The molecule has 0 aromatic rings. The quantitative estimate of drug-likeness (QED) is 0.616. The zero-order chi connectivity index (χ0) is 10.2. The van der Waals surface area contributed by atoms with Gasteiger partial charge in [0, 0.05) is 6.04 Å². The summed E-state index contributed by atoms with van der Waals surface area (Å²) in [5.41, 5.74) is 6.04. The smallest absolute Gasteiger partial charge is 0.00671 e. The summed E-state index contributed by atoms with van der Waals surface area (Å²) >= 11 is 0. The number of rotatable bonds is 7. The molecule has 1 saturated carbocycles. The predicted molar refractivity (Wildman–Crippen MR) is 63.3 cm³/mol. The second kappa shape index (κ2) is 7.28. The Morgan fingerprint density at radius 1 is 1.00 bits per heavy atom. The van der Waals surface area contributed by atoms with Crippen molar-refractivity contribution in [1.29, 1.82) is 0 Å². The molecule has 14 heavy (non-hydrogen) atoms. The molecule has 2 unspecified atom stereocenters. The minimum absolute atomic E-state index is 0.533. The first-order chi connectivity index (χ1) is 6.84. The van der Waals surface area contributed by atoms with Crippen LogP contribution < -0.4 is 5.73 Å². The summed E-state index contributed by atoms with van der Waals surface area (Å²) in [4.78, 5) is 0. The van der Waals surface area contributed by atoms with Crippen LogP contribution in [0.1, 0.15) is 71.1 Å². The molecule has 2 atom stereocenters. The Kier molecular flexibility index (Phi) is 6.25. The van der Waals surface area contributed by atoms with E-state index in [1.807, 2.05) is 0 Å². The topological polar surface area (TPSA) is 26.0 Å². The van der Waals surface area contributed by atoms with Gasteiger partial charge in [0.25, 0.3) is 0 Å². The first-order valence-corrected chi connectivity index (χ1v) is 6.60. The fraction of sp³-hybridized carbons (Fsp3) is 1.00. The molecule has 0 spiro atoms. The summed E-state index contributed by atoms with van der Waals surface area (Å²) in [6, 6.07) is 0.533. The summed E-state index contributed by atoms with van der Waals surface area (Å²) in [5, 5.41) is 0. The normalized spacial score (nSPS) is 27.0. The fourth-order valence-corrected chi connectivity index (χ4v) is 2.61. The molecule has 1 aliphatic rings. The summed E-state index contributed by atoms with van der Waals surface area (Å²) in [7, 11) is 0. The third-order valence-electron chi connectivity index (χ3n) is 3.65. The second-order valence-corrected chi connectivity index (χ2v) is 4.91. The van der Waals surface area contributed by atoms with Crippen LogP contribution >= 0.6 is 0 Å². The molecular weight excluding hydrogens is 170 g/mol. The van der Waals surface area contributed by atoms with E-state index in [-0.39, 0.29) is 0 Å². The molecule has 84 valence electrons. The molecule has 0 saturated heterocycles. The molecule has 1 rings (SSSR count). The zero-order valence-electron chi connectivity index (χ0n) is 9.80. The molecule has 0 heterocycles. The Morgan fingerprint density at radius 3 is 2.36 bits per heavy atom. The second-order valence-electron chi connectivity index (χ2n) is 4.91. The van der Waals surface area contributed by atoms with E-state index in [9.17, 15) is 0 Å². The molecule has 1 heteroatoms. The summed E-state index contributed by atoms with van der Waals surface area (Å²) in [5.74, 6) is 0.862. The Morgan fingerprint density at radius 2 is 1.71 bits per heavy atom. The van der Waals surface area contributed by atoms with Crippen molar-refractivity contribution in [1.82, 2.24) is 0 Å². The first kappa shape index (κ1) is 12.0. The van der Waals surface area contributed by atoms with Crippen LogP contribution in [0.3, 0.4) is 0 Å². The molecule has 0 aromatic carbocycles. The fourth-order valence-electron chi connectivity index (χ4n) is 2.61. The average molecular weight is 197 g/mol. The largest absolute Gasteiger partial charge is 0.327 e. The highest BCUT2D eigenvalue weighted by molar-refractivity contribution is 4.79. The van der Waals surface area contributed by atoms with Crippen LogP contribution in [-0.4, -0.2) is 6.04 Å². The maximum Gasteiger partial charge on any atom is 0.00671 e. The Hall–Kier alpha value is -0.0400. The molecule has 2 N–H and O–H groups in total. The minimum Gasteiger partial charge on any atom is -0.327 e. The van der Waals surface area contributed by atoms with E-state index in [0.717, 1.165) is 5.92 Å². The monoisotopic (exact) mass is 197 g/mol. The molecule has 0 radical (unpaired) electrons. The van der Waals surface area contributed by atoms with Gasteiger partial charge in [0.05, 0.1) is 0 Å². The summed E-state index contributed by atoms with van der Waals surface area (Å²) < 4.78 is 0. The molecule has 1 fully saturated rings. The SMILES string of the molecule is CCCCCCCCC1CCCC1N. The maximum absolute atomic E-state index is 6.04. The number of unbranched alkanes of at least 4 members (excludes halogenated alkanes) is 5. The van der Waals surface area contributed by atoms with Gasteiger partial charge in [0.1, 0.15) is 0 Å². The van der Waals surface area contributed by atoms with Crippen molar-refractivity contribution < 1.29 is 0 Å². The third-order valence-corrected chi connectivity index (χ3v) is 3.65. The Balaban J connectivity index is 1.88. The van der Waals surface area contributed by atoms with Crippen LogP contribution in [0.2, 0.25) is 0 Å². The molecule has 0 aliphatic heterocycles. The molecule has 0 aromatic heterocycles. The summed E-state index contributed by atoms with van der Waals surface area (Å²) in [6.45, 7) is 2.28. The molecule has 0 amide bonds. The molecular formula is C13H27N. The van der Waals surface area contributed by atoms with Crippen LogP contribution in [-0.2, 0) is 0 Å². The number of nitrogens with two attached hydrogens (primary N) is 1. The van der Waals surface area contributed by atoms with E-state index >= 15 is 0 Å². The predicted octanol–water partition coefficient (Wildman–Crippen LogP) is 3.86.